The van der Waals surface area contributed by atoms with Gasteiger partial charge in [0.25, 0.3) is 0 Å². The van der Waals surface area contributed by atoms with Gasteiger partial charge < -0.3 is 9.47 Å². The molecule has 0 N–H and O–H groups in total. The Kier molecular flexibility index (Phi) is 7.37. The van der Waals surface area contributed by atoms with Gasteiger partial charge in [-0.25, -0.2) is 4.79 Å². The van der Waals surface area contributed by atoms with Crippen LogP contribution in [0.15, 0.2) is 124 Å². The second-order valence-corrected chi connectivity index (χ2v) is 10.5. The highest BCUT2D eigenvalue weighted by molar-refractivity contribution is 7.97. The molecule has 0 aliphatic carbocycles. The van der Waals surface area contributed by atoms with Gasteiger partial charge in [0.15, 0.2) is 14.7 Å². The summed E-state index contributed by atoms with van der Waals surface area (Å²) in [5, 5.41) is 0. The van der Waals surface area contributed by atoms with E-state index in [1.807, 2.05) is 54.6 Å². The number of hydrogen-bond acceptors (Lipinski definition) is 4. The van der Waals surface area contributed by atoms with Crippen molar-refractivity contribution in [3.05, 3.63) is 120 Å². The van der Waals surface area contributed by atoms with E-state index in [0.717, 1.165) is 4.90 Å². The van der Waals surface area contributed by atoms with Crippen molar-refractivity contribution in [1.29, 1.82) is 0 Å². The van der Waals surface area contributed by atoms with Gasteiger partial charge in [-0.15, -0.1) is 0 Å². The number of esters is 2. The molecule has 0 radical (unpaired) electrons. The van der Waals surface area contributed by atoms with Crippen molar-refractivity contribution in [1.82, 2.24) is 0 Å². The molecule has 0 spiro atoms. The molecule has 0 bridgehead atoms. The quantitative estimate of drug-likeness (QED) is 0.165. The minimum Gasteiger partial charge on any atom is -0.451 e. The maximum atomic E-state index is 13.1. The fourth-order valence-electron chi connectivity index (χ4n) is 3.80. The lowest BCUT2D eigenvalue weighted by atomic mass is 9.96. The Bertz CT molecular complexity index is 1260. The first-order chi connectivity index (χ1) is 16.8. The van der Waals surface area contributed by atoms with Crippen molar-refractivity contribution in [2.24, 2.45) is 0 Å². The maximum absolute atomic E-state index is 13.1. The highest BCUT2D eigenvalue weighted by Gasteiger charge is 2.31. The summed E-state index contributed by atoms with van der Waals surface area (Å²) in [5.41, 5.74) is 0.0755. The minimum atomic E-state index is -1.000. The Morgan fingerprint density at radius 1 is 0.657 bits per heavy atom. The Morgan fingerprint density at radius 3 is 1.69 bits per heavy atom. The van der Waals surface area contributed by atoms with Gasteiger partial charge in [-0.1, -0.05) is 54.6 Å². The van der Waals surface area contributed by atoms with Crippen molar-refractivity contribution in [3.63, 3.8) is 0 Å². The largest absolute Gasteiger partial charge is 0.451 e. The number of para-hydroxylation sites is 1. The van der Waals surface area contributed by atoms with Crippen molar-refractivity contribution >= 4 is 22.8 Å². The van der Waals surface area contributed by atoms with E-state index >= 15 is 0 Å². The Morgan fingerprint density at radius 2 is 1.14 bits per heavy atom. The summed E-state index contributed by atoms with van der Waals surface area (Å²) in [6.07, 6.45) is 0. The van der Waals surface area contributed by atoms with E-state index in [0.29, 0.717) is 16.9 Å². The molecule has 0 aliphatic heterocycles. The van der Waals surface area contributed by atoms with Gasteiger partial charge in [0.2, 0.25) is 0 Å². The molecule has 4 nitrogen and oxygen atoms in total. The van der Waals surface area contributed by atoms with Crippen molar-refractivity contribution in [2.75, 3.05) is 0 Å². The molecule has 4 aromatic rings. The molecular weight excluding hydrogens is 456 g/mol. The molecule has 0 unspecified atom stereocenters. The van der Waals surface area contributed by atoms with Gasteiger partial charge in [-0.2, -0.15) is 0 Å². The predicted molar refractivity (Wildman–Crippen MR) is 138 cm³/mol. The van der Waals surface area contributed by atoms with Crippen molar-refractivity contribution in [2.45, 2.75) is 41.1 Å². The highest BCUT2D eigenvalue weighted by atomic mass is 32.2. The van der Waals surface area contributed by atoms with Crippen LogP contribution in [0.5, 0.6) is 5.75 Å². The van der Waals surface area contributed by atoms with Crippen molar-refractivity contribution in [3.8, 4) is 5.75 Å². The molecule has 0 saturated heterocycles. The van der Waals surface area contributed by atoms with E-state index in [1.165, 1.54) is 16.7 Å². The summed E-state index contributed by atoms with van der Waals surface area (Å²) in [6.45, 7) is 4.91. The van der Waals surface area contributed by atoms with E-state index in [4.69, 9.17) is 9.47 Å². The first kappa shape index (κ1) is 24.3. The normalized spacial score (nSPS) is 11.2. The smallest absolute Gasteiger partial charge is 0.339 e. The van der Waals surface area contributed by atoms with Crippen molar-refractivity contribution < 1.29 is 19.1 Å². The molecule has 0 aromatic heterocycles. The summed E-state index contributed by atoms with van der Waals surface area (Å²) < 4.78 is 11.2. The topological polar surface area (TPSA) is 52.6 Å². The summed E-state index contributed by atoms with van der Waals surface area (Å²) in [5.74, 6) is -0.496. The summed E-state index contributed by atoms with van der Waals surface area (Å²) in [6, 6.07) is 35.3. The van der Waals surface area contributed by atoms with Crippen LogP contribution in [-0.4, -0.2) is 11.9 Å². The molecule has 0 saturated carbocycles. The number of benzene rings is 4. The number of carbonyl (C=O) groups is 2. The molecule has 0 amide bonds. The molecule has 4 aromatic carbocycles. The molecule has 0 heterocycles. The summed E-state index contributed by atoms with van der Waals surface area (Å²) in [4.78, 5) is 28.1. The average molecular weight is 484 g/mol. The Hall–Kier alpha value is -3.83. The zero-order valence-electron chi connectivity index (χ0n) is 19.9. The van der Waals surface area contributed by atoms with Crippen LogP contribution in [0.3, 0.4) is 0 Å². The third kappa shape index (κ3) is 5.81. The van der Waals surface area contributed by atoms with E-state index < -0.39 is 17.5 Å². The van der Waals surface area contributed by atoms with Gasteiger partial charge in [0.05, 0.1) is 16.5 Å². The monoisotopic (exact) mass is 483 g/mol. The third-order valence-corrected chi connectivity index (χ3v) is 7.65. The third-order valence-electron chi connectivity index (χ3n) is 5.42. The number of ether oxygens (including phenoxy) is 2. The second kappa shape index (κ2) is 10.6. The van der Waals surface area contributed by atoms with E-state index in [1.54, 1.807) is 44.2 Å². The standard InChI is InChI=1S/C30H27O4S/c1-22(31)33-28-17-11-10-16-27(28)30(2,3)34-29(32)23-18-20-26(21-19-23)35(24-12-6-4-7-13-24)25-14-8-5-9-15-25/h4-21H,1-3H3/q+1. The summed E-state index contributed by atoms with van der Waals surface area (Å²) >= 11 is 0. The van der Waals surface area contributed by atoms with Crippen LogP contribution < -0.4 is 4.74 Å². The highest BCUT2D eigenvalue weighted by Crippen LogP contribution is 2.34. The number of rotatable bonds is 7. The fourth-order valence-corrected chi connectivity index (χ4v) is 5.89. The van der Waals surface area contributed by atoms with Crippen LogP contribution in [0.25, 0.3) is 0 Å². The zero-order chi connectivity index (χ0) is 24.8. The molecule has 35 heavy (non-hydrogen) atoms. The lowest BCUT2D eigenvalue weighted by Crippen LogP contribution is -2.26. The van der Waals surface area contributed by atoms with Crippen LogP contribution in [0.2, 0.25) is 0 Å². The van der Waals surface area contributed by atoms with Gasteiger partial charge in [0, 0.05) is 12.5 Å². The van der Waals surface area contributed by atoms with Gasteiger partial charge in [0.1, 0.15) is 11.4 Å². The summed E-state index contributed by atoms with van der Waals surface area (Å²) in [7, 11) is -0.294. The average Bonchev–Trinajstić information content (AvgIpc) is 2.85. The van der Waals surface area contributed by atoms with Crippen LogP contribution in [0.4, 0.5) is 0 Å². The molecule has 0 atom stereocenters. The lowest BCUT2D eigenvalue weighted by Gasteiger charge is -2.27. The Balaban J connectivity index is 1.59. The molecular formula is C30H27O4S+. The maximum Gasteiger partial charge on any atom is 0.339 e. The van der Waals surface area contributed by atoms with Crippen LogP contribution in [-0.2, 0) is 26.0 Å². The van der Waals surface area contributed by atoms with Gasteiger partial charge in [-0.05, 0) is 68.4 Å². The first-order valence-electron chi connectivity index (χ1n) is 11.3. The lowest BCUT2D eigenvalue weighted by molar-refractivity contribution is -0.132. The fraction of sp³-hybridized carbons (Fsp3) is 0.133. The van der Waals surface area contributed by atoms with Crippen LogP contribution >= 0.6 is 0 Å². The van der Waals surface area contributed by atoms with Crippen LogP contribution in [0, 0.1) is 0 Å². The van der Waals surface area contributed by atoms with E-state index in [2.05, 4.69) is 24.3 Å². The molecule has 4 rings (SSSR count). The second-order valence-electron chi connectivity index (χ2n) is 8.45. The molecule has 0 aliphatic rings. The predicted octanol–water partition coefficient (Wildman–Crippen LogP) is 6.80. The molecule has 5 heteroatoms. The number of carbonyl (C=O) groups excluding carboxylic acids is 2. The molecule has 0 fully saturated rings. The van der Waals surface area contributed by atoms with Crippen LogP contribution in [0.1, 0.15) is 36.7 Å². The van der Waals surface area contributed by atoms with E-state index in [-0.39, 0.29) is 10.9 Å². The Labute approximate surface area is 208 Å². The first-order valence-corrected chi connectivity index (χ1v) is 12.5. The number of hydrogen-bond donors (Lipinski definition) is 0. The van der Waals surface area contributed by atoms with E-state index in [9.17, 15) is 9.59 Å². The zero-order valence-corrected chi connectivity index (χ0v) is 20.8. The minimum absolute atomic E-state index is 0.294. The SMILES string of the molecule is CC(=O)Oc1ccccc1C(C)(C)OC(=O)c1ccc([S+](c2ccccc2)c2ccccc2)cc1. The molecule has 176 valence electrons. The van der Waals surface area contributed by atoms with Gasteiger partial charge in [-0.3, -0.25) is 4.79 Å². The van der Waals surface area contributed by atoms with Gasteiger partial charge >= 0.3 is 11.9 Å².